The summed E-state index contributed by atoms with van der Waals surface area (Å²) in [6.07, 6.45) is 0. The molecule has 0 unspecified atom stereocenters. The highest BCUT2D eigenvalue weighted by Crippen LogP contribution is 2.38. The second kappa shape index (κ2) is 10.6. The number of thioether (sulfide) groups is 1. The summed E-state index contributed by atoms with van der Waals surface area (Å²) < 4.78 is 0. The second-order valence-corrected chi connectivity index (χ2v) is 9.54. The van der Waals surface area contributed by atoms with E-state index in [2.05, 4.69) is 11.4 Å². The van der Waals surface area contributed by atoms with Gasteiger partial charge in [0.2, 0.25) is 5.91 Å². The van der Waals surface area contributed by atoms with Gasteiger partial charge in [-0.1, -0.05) is 89.6 Å². The molecule has 1 N–H and O–H groups in total. The van der Waals surface area contributed by atoms with E-state index in [0.717, 1.165) is 22.4 Å². The summed E-state index contributed by atoms with van der Waals surface area (Å²) >= 11 is 7.76. The van der Waals surface area contributed by atoms with Gasteiger partial charge in [-0.15, -0.1) is 0 Å². The molecule has 0 bridgehead atoms. The largest absolute Gasteiger partial charge is 0.325 e. The molecule has 4 nitrogen and oxygen atoms in total. The summed E-state index contributed by atoms with van der Waals surface area (Å²) in [5.74, 6) is -0.163. The second-order valence-electron chi connectivity index (χ2n) is 7.81. The molecule has 0 aliphatic carbocycles. The number of hydrogen-bond acceptors (Lipinski definition) is 4. The number of amides is 1. The van der Waals surface area contributed by atoms with Gasteiger partial charge in [0.05, 0.1) is 16.5 Å². The number of aryl methyl sites for hydroxylation is 1. The number of rotatable bonds is 6. The molecule has 1 heterocycles. The number of aromatic nitrogens is 1. The summed E-state index contributed by atoms with van der Waals surface area (Å²) in [7, 11) is 0. The smallest absolute Gasteiger partial charge is 0.237 e. The first-order valence-electron chi connectivity index (χ1n) is 10.8. The topological polar surface area (TPSA) is 65.8 Å². The van der Waals surface area contributed by atoms with Crippen molar-refractivity contribution >= 4 is 35.0 Å². The molecular formula is C28H22ClN3OS. The Labute approximate surface area is 208 Å². The fourth-order valence-electron chi connectivity index (χ4n) is 3.47. The van der Waals surface area contributed by atoms with Crippen LogP contribution in [0.5, 0.6) is 0 Å². The molecule has 3 aromatic carbocycles. The Morgan fingerprint density at radius 3 is 2.35 bits per heavy atom. The van der Waals surface area contributed by atoms with Gasteiger partial charge in [-0.3, -0.25) is 4.79 Å². The monoisotopic (exact) mass is 483 g/mol. The lowest BCUT2D eigenvalue weighted by molar-refractivity contribution is -0.115. The van der Waals surface area contributed by atoms with Crippen LogP contribution in [0.4, 0.5) is 5.69 Å². The van der Waals surface area contributed by atoms with Gasteiger partial charge < -0.3 is 5.32 Å². The van der Waals surface area contributed by atoms with Gasteiger partial charge in [0, 0.05) is 27.4 Å². The van der Waals surface area contributed by atoms with Crippen molar-refractivity contribution in [3.63, 3.8) is 0 Å². The molecular weight excluding hydrogens is 462 g/mol. The van der Waals surface area contributed by atoms with Crippen molar-refractivity contribution in [2.75, 3.05) is 5.32 Å². The van der Waals surface area contributed by atoms with Crippen LogP contribution in [0.3, 0.4) is 0 Å². The highest BCUT2D eigenvalue weighted by Gasteiger charge is 2.22. The maximum Gasteiger partial charge on any atom is 0.237 e. The van der Waals surface area contributed by atoms with Gasteiger partial charge in [-0.05, 0) is 38.1 Å². The Bertz CT molecular complexity index is 1370. The fourth-order valence-corrected chi connectivity index (χ4v) is 4.63. The van der Waals surface area contributed by atoms with E-state index in [1.807, 2.05) is 85.8 Å². The van der Waals surface area contributed by atoms with Gasteiger partial charge in [0.15, 0.2) is 0 Å². The van der Waals surface area contributed by atoms with E-state index in [1.165, 1.54) is 11.8 Å². The molecule has 1 atom stereocenters. The van der Waals surface area contributed by atoms with E-state index in [0.29, 0.717) is 26.9 Å². The molecule has 6 heteroatoms. The van der Waals surface area contributed by atoms with Gasteiger partial charge in [0.25, 0.3) is 0 Å². The molecule has 34 heavy (non-hydrogen) atoms. The predicted molar refractivity (Wildman–Crippen MR) is 140 cm³/mol. The molecule has 4 aromatic rings. The molecule has 0 spiro atoms. The first kappa shape index (κ1) is 23.6. The van der Waals surface area contributed by atoms with Crippen molar-refractivity contribution < 1.29 is 4.79 Å². The number of pyridine rings is 1. The summed E-state index contributed by atoms with van der Waals surface area (Å²) in [5, 5.41) is 13.6. The van der Waals surface area contributed by atoms with Crippen LogP contribution in [-0.2, 0) is 4.79 Å². The van der Waals surface area contributed by atoms with Crippen molar-refractivity contribution in [2.45, 2.75) is 24.1 Å². The zero-order chi connectivity index (χ0) is 24.1. The molecule has 0 saturated heterocycles. The first-order chi connectivity index (χ1) is 16.5. The van der Waals surface area contributed by atoms with Crippen molar-refractivity contribution in [2.24, 2.45) is 0 Å². The molecule has 1 amide bonds. The van der Waals surface area contributed by atoms with E-state index in [4.69, 9.17) is 16.6 Å². The Kier molecular flexibility index (Phi) is 7.32. The SMILES string of the molecule is Cc1ccc(NC(=O)[C@H](C)Sc2nc(-c3ccccc3)cc(-c3ccccc3Cl)c2C#N)cc1. The number of halogens is 1. The number of nitrogens with zero attached hydrogens (tertiary/aromatic N) is 2. The molecule has 0 saturated carbocycles. The van der Waals surface area contributed by atoms with Crippen LogP contribution in [0.1, 0.15) is 18.1 Å². The van der Waals surface area contributed by atoms with Gasteiger partial charge >= 0.3 is 0 Å². The van der Waals surface area contributed by atoms with Crippen LogP contribution in [0, 0.1) is 18.3 Å². The zero-order valence-electron chi connectivity index (χ0n) is 18.7. The lowest BCUT2D eigenvalue weighted by atomic mass is 9.99. The van der Waals surface area contributed by atoms with E-state index >= 15 is 0 Å². The van der Waals surface area contributed by atoms with E-state index in [9.17, 15) is 10.1 Å². The number of carbonyl (C=O) groups excluding carboxylic acids is 1. The lowest BCUT2D eigenvalue weighted by Gasteiger charge is -2.16. The fraction of sp³-hybridized carbons (Fsp3) is 0.107. The summed E-state index contributed by atoms with van der Waals surface area (Å²) in [6, 6.07) is 29.0. The summed E-state index contributed by atoms with van der Waals surface area (Å²) in [5.41, 5.74) is 5.31. The minimum atomic E-state index is -0.481. The van der Waals surface area contributed by atoms with E-state index < -0.39 is 5.25 Å². The van der Waals surface area contributed by atoms with Crippen molar-refractivity contribution in [1.29, 1.82) is 5.26 Å². The van der Waals surface area contributed by atoms with Crippen LogP contribution < -0.4 is 5.32 Å². The van der Waals surface area contributed by atoms with Crippen molar-refractivity contribution in [3.8, 4) is 28.5 Å². The average Bonchev–Trinajstić information content (AvgIpc) is 2.85. The van der Waals surface area contributed by atoms with Crippen molar-refractivity contribution in [3.05, 3.63) is 101 Å². The van der Waals surface area contributed by atoms with Crippen LogP contribution in [0.2, 0.25) is 5.02 Å². The summed E-state index contributed by atoms with van der Waals surface area (Å²) in [4.78, 5) is 17.7. The van der Waals surface area contributed by atoms with E-state index in [-0.39, 0.29) is 5.91 Å². The standard InChI is InChI=1S/C28H22ClN3OS/c1-18-12-14-21(15-13-18)31-27(33)19(2)34-28-24(17-30)23(22-10-6-7-11-25(22)29)16-26(32-28)20-8-4-3-5-9-20/h3-16,19H,1-2H3,(H,31,33)/t19-/m0/s1. The Morgan fingerprint density at radius 2 is 1.68 bits per heavy atom. The Hall–Kier alpha value is -3.59. The molecule has 1 aromatic heterocycles. The van der Waals surface area contributed by atoms with E-state index in [1.54, 1.807) is 13.0 Å². The third-order valence-electron chi connectivity index (χ3n) is 5.31. The van der Waals surface area contributed by atoms with Crippen LogP contribution in [-0.4, -0.2) is 16.1 Å². The minimum Gasteiger partial charge on any atom is -0.325 e. The van der Waals surface area contributed by atoms with Crippen LogP contribution >= 0.6 is 23.4 Å². The molecule has 0 aliphatic rings. The summed E-state index contributed by atoms with van der Waals surface area (Å²) in [6.45, 7) is 3.80. The molecule has 0 fully saturated rings. The maximum absolute atomic E-state index is 12.9. The highest BCUT2D eigenvalue weighted by molar-refractivity contribution is 8.00. The van der Waals surface area contributed by atoms with Crippen LogP contribution in [0.15, 0.2) is 90.0 Å². The normalized spacial score (nSPS) is 11.5. The third-order valence-corrected chi connectivity index (χ3v) is 6.72. The maximum atomic E-state index is 12.9. The van der Waals surface area contributed by atoms with Crippen molar-refractivity contribution in [1.82, 2.24) is 4.98 Å². The number of benzene rings is 3. The minimum absolute atomic E-state index is 0.163. The average molecular weight is 484 g/mol. The lowest BCUT2D eigenvalue weighted by Crippen LogP contribution is -2.22. The van der Waals surface area contributed by atoms with Gasteiger partial charge in [-0.2, -0.15) is 5.26 Å². The number of carbonyl (C=O) groups is 1. The quantitative estimate of drug-likeness (QED) is 0.291. The Morgan fingerprint density at radius 1 is 1.00 bits per heavy atom. The van der Waals surface area contributed by atoms with Crippen LogP contribution in [0.25, 0.3) is 22.4 Å². The van der Waals surface area contributed by atoms with Gasteiger partial charge in [0.1, 0.15) is 11.1 Å². The Balaban J connectivity index is 1.74. The number of nitrogens with one attached hydrogen (secondary N) is 1. The number of hydrogen-bond donors (Lipinski definition) is 1. The highest BCUT2D eigenvalue weighted by atomic mass is 35.5. The predicted octanol–water partition coefficient (Wildman–Crippen LogP) is 7.37. The molecule has 4 rings (SSSR count). The van der Waals surface area contributed by atoms with Gasteiger partial charge in [-0.25, -0.2) is 4.98 Å². The number of anilines is 1. The number of nitriles is 1. The third kappa shape index (κ3) is 5.31. The first-order valence-corrected chi connectivity index (χ1v) is 12.0. The molecule has 168 valence electrons. The molecule has 0 aliphatic heterocycles. The zero-order valence-corrected chi connectivity index (χ0v) is 20.3. The molecule has 0 radical (unpaired) electrons.